The van der Waals surface area contributed by atoms with Crippen molar-refractivity contribution in [3.63, 3.8) is 0 Å². The van der Waals surface area contributed by atoms with Crippen molar-refractivity contribution in [3.8, 4) is 6.07 Å². The summed E-state index contributed by atoms with van der Waals surface area (Å²) in [6.07, 6.45) is 4.75. The molecule has 27 heavy (non-hydrogen) atoms. The van der Waals surface area contributed by atoms with Gasteiger partial charge in [-0.3, -0.25) is 4.79 Å². The van der Waals surface area contributed by atoms with Crippen LogP contribution in [0.2, 0.25) is 0 Å². The van der Waals surface area contributed by atoms with Crippen LogP contribution in [0.25, 0.3) is 12.2 Å². The van der Waals surface area contributed by atoms with Crippen molar-refractivity contribution >= 4 is 40.6 Å². The van der Waals surface area contributed by atoms with Crippen LogP contribution in [0.5, 0.6) is 0 Å². The quantitative estimate of drug-likeness (QED) is 0.509. The second-order valence-corrected chi connectivity index (χ2v) is 8.26. The van der Waals surface area contributed by atoms with E-state index in [1.807, 2.05) is 76.1 Å². The smallest absolute Gasteiger partial charge is 0.185 e. The van der Waals surface area contributed by atoms with E-state index in [4.69, 9.17) is 0 Å². The SMILES string of the molecule is N#CC1(c2ccccc2)C/C(=C\c2ccsc2)C(=O)/C(=C/c2ccsc2)C1. The number of rotatable bonds is 3. The first-order valence-corrected chi connectivity index (χ1v) is 10.6. The number of carbonyl (C=O) groups excluding carboxylic acids is 1. The fourth-order valence-electron chi connectivity index (χ4n) is 3.53. The van der Waals surface area contributed by atoms with Gasteiger partial charge in [-0.1, -0.05) is 30.3 Å². The Morgan fingerprint density at radius 2 is 1.44 bits per heavy atom. The van der Waals surface area contributed by atoms with Crippen LogP contribution in [0, 0.1) is 11.3 Å². The Labute approximate surface area is 166 Å². The Morgan fingerprint density at radius 1 is 0.889 bits per heavy atom. The van der Waals surface area contributed by atoms with Gasteiger partial charge in [0.1, 0.15) is 0 Å². The maximum absolute atomic E-state index is 13.2. The van der Waals surface area contributed by atoms with E-state index in [2.05, 4.69) is 6.07 Å². The van der Waals surface area contributed by atoms with Crippen molar-refractivity contribution < 1.29 is 4.79 Å². The molecule has 1 fully saturated rings. The van der Waals surface area contributed by atoms with Crippen molar-refractivity contribution in [1.29, 1.82) is 5.26 Å². The number of Topliss-reactive ketones (excluding diaryl/α,β-unsaturated/α-hetero) is 1. The first kappa shape index (κ1) is 17.7. The number of allylic oxidation sites excluding steroid dienone is 2. The molecule has 2 nitrogen and oxygen atoms in total. The minimum Gasteiger partial charge on any atom is -0.289 e. The maximum atomic E-state index is 13.2. The Hall–Kier alpha value is -2.74. The molecule has 0 amide bonds. The van der Waals surface area contributed by atoms with E-state index in [-0.39, 0.29) is 5.78 Å². The Bertz CT molecular complexity index is 980. The molecule has 0 saturated heterocycles. The summed E-state index contributed by atoms with van der Waals surface area (Å²) in [5.41, 5.74) is 3.67. The largest absolute Gasteiger partial charge is 0.289 e. The van der Waals surface area contributed by atoms with Gasteiger partial charge in [-0.15, -0.1) is 0 Å². The molecule has 0 atom stereocenters. The number of benzene rings is 1. The summed E-state index contributed by atoms with van der Waals surface area (Å²) in [7, 11) is 0. The van der Waals surface area contributed by atoms with Crippen LogP contribution in [0.3, 0.4) is 0 Å². The second kappa shape index (κ2) is 7.48. The molecule has 0 unspecified atom stereocenters. The van der Waals surface area contributed by atoms with Gasteiger partial charge in [0.15, 0.2) is 5.78 Å². The minimum atomic E-state index is -0.723. The van der Waals surface area contributed by atoms with Crippen molar-refractivity contribution in [2.45, 2.75) is 18.3 Å². The lowest BCUT2D eigenvalue weighted by molar-refractivity contribution is -0.113. The Balaban J connectivity index is 1.84. The van der Waals surface area contributed by atoms with E-state index < -0.39 is 5.41 Å². The minimum absolute atomic E-state index is 0.0502. The molecule has 1 aliphatic rings. The average molecular weight is 388 g/mol. The summed E-state index contributed by atoms with van der Waals surface area (Å²) in [5, 5.41) is 18.2. The number of nitriles is 1. The number of carbonyl (C=O) groups is 1. The van der Waals surface area contributed by atoms with E-state index in [1.54, 1.807) is 22.7 Å². The first-order chi connectivity index (χ1) is 13.2. The highest BCUT2D eigenvalue weighted by atomic mass is 32.1. The van der Waals surface area contributed by atoms with E-state index in [1.165, 1.54) is 0 Å². The monoisotopic (exact) mass is 387 g/mol. The molecule has 0 radical (unpaired) electrons. The molecule has 1 aromatic carbocycles. The van der Waals surface area contributed by atoms with Gasteiger partial charge < -0.3 is 0 Å². The lowest BCUT2D eigenvalue weighted by Gasteiger charge is -2.33. The normalized spacial score (nSPS) is 22.9. The third kappa shape index (κ3) is 3.57. The molecule has 1 saturated carbocycles. The van der Waals surface area contributed by atoms with Crippen molar-refractivity contribution in [3.05, 3.63) is 91.8 Å². The van der Waals surface area contributed by atoms with Gasteiger partial charge in [0.05, 0.1) is 11.5 Å². The van der Waals surface area contributed by atoms with Crippen LogP contribution in [0.4, 0.5) is 0 Å². The number of hydrogen-bond donors (Lipinski definition) is 0. The Morgan fingerprint density at radius 3 is 1.89 bits per heavy atom. The van der Waals surface area contributed by atoms with Gasteiger partial charge in [-0.2, -0.15) is 27.9 Å². The van der Waals surface area contributed by atoms with Crippen LogP contribution < -0.4 is 0 Å². The molecule has 132 valence electrons. The zero-order chi connectivity index (χ0) is 18.7. The number of hydrogen-bond acceptors (Lipinski definition) is 4. The summed E-state index contributed by atoms with van der Waals surface area (Å²) in [6, 6.07) is 16.4. The van der Waals surface area contributed by atoms with Gasteiger partial charge in [-0.25, -0.2) is 0 Å². The van der Waals surface area contributed by atoms with Crippen LogP contribution in [-0.2, 0) is 10.2 Å². The summed E-state index contributed by atoms with van der Waals surface area (Å²) in [5.74, 6) is 0.0502. The number of nitrogens with zero attached hydrogens (tertiary/aromatic N) is 1. The predicted octanol–water partition coefficient (Wildman–Crippen LogP) is 6.10. The molecule has 4 heteroatoms. The van der Waals surface area contributed by atoms with Crippen LogP contribution in [-0.4, -0.2) is 5.78 Å². The second-order valence-electron chi connectivity index (χ2n) is 6.70. The summed E-state index contributed by atoms with van der Waals surface area (Å²) in [6.45, 7) is 0. The fraction of sp³-hybridized carbons (Fsp3) is 0.130. The van der Waals surface area contributed by atoms with Crippen molar-refractivity contribution in [2.75, 3.05) is 0 Å². The van der Waals surface area contributed by atoms with Gasteiger partial charge in [-0.05, 0) is 75.3 Å². The van der Waals surface area contributed by atoms with Crippen LogP contribution in [0.1, 0.15) is 29.5 Å². The summed E-state index contributed by atoms with van der Waals surface area (Å²) >= 11 is 3.20. The van der Waals surface area contributed by atoms with E-state index >= 15 is 0 Å². The van der Waals surface area contributed by atoms with Crippen molar-refractivity contribution in [1.82, 2.24) is 0 Å². The highest BCUT2D eigenvalue weighted by Crippen LogP contribution is 2.43. The molecular formula is C23H17NOS2. The molecule has 0 spiro atoms. The van der Waals surface area contributed by atoms with E-state index in [0.717, 1.165) is 16.7 Å². The zero-order valence-electron chi connectivity index (χ0n) is 14.6. The van der Waals surface area contributed by atoms with E-state index in [9.17, 15) is 10.1 Å². The molecule has 2 aromatic heterocycles. The molecule has 0 bridgehead atoms. The zero-order valence-corrected chi connectivity index (χ0v) is 16.2. The number of thiophene rings is 2. The van der Waals surface area contributed by atoms with Gasteiger partial charge >= 0.3 is 0 Å². The molecule has 3 aromatic rings. The number of ketones is 1. The fourth-order valence-corrected chi connectivity index (χ4v) is 4.77. The third-order valence-electron chi connectivity index (χ3n) is 4.88. The molecular weight excluding hydrogens is 370 g/mol. The van der Waals surface area contributed by atoms with Gasteiger partial charge in [0.25, 0.3) is 0 Å². The molecule has 2 heterocycles. The van der Waals surface area contributed by atoms with Gasteiger partial charge in [0, 0.05) is 11.1 Å². The summed E-state index contributed by atoms with van der Waals surface area (Å²) in [4.78, 5) is 13.2. The van der Waals surface area contributed by atoms with Crippen LogP contribution >= 0.6 is 22.7 Å². The topological polar surface area (TPSA) is 40.9 Å². The van der Waals surface area contributed by atoms with Crippen molar-refractivity contribution in [2.24, 2.45) is 0 Å². The molecule has 0 N–H and O–H groups in total. The lowest BCUT2D eigenvalue weighted by atomic mass is 9.66. The van der Waals surface area contributed by atoms with Crippen LogP contribution in [0.15, 0.2) is 75.1 Å². The summed E-state index contributed by atoms with van der Waals surface area (Å²) < 4.78 is 0. The standard InChI is InChI=1S/C23H17NOS2/c24-16-23(21-4-2-1-3-5-21)12-19(10-17-6-8-26-14-17)22(25)20(13-23)11-18-7-9-27-15-18/h1-11,14-15H,12-13H2/b19-10+,20-11+. The molecule has 1 aliphatic carbocycles. The Kier molecular flexibility index (Phi) is 4.89. The molecule has 4 rings (SSSR count). The van der Waals surface area contributed by atoms with Gasteiger partial charge in [0.2, 0.25) is 0 Å². The first-order valence-electron chi connectivity index (χ1n) is 8.67. The lowest BCUT2D eigenvalue weighted by Crippen LogP contribution is -2.33. The predicted molar refractivity (Wildman–Crippen MR) is 113 cm³/mol. The average Bonchev–Trinajstić information content (AvgIpc) is 3.40. The molecule has 0 aliphatic heterocycles. The highest BCUT2D eigenvalue weighted by Gasteiger charge is 2.41. The highest BCUT2D eigenvalue weighted by molar-refractivity contribution is 7.08. The maximum Gasteiger partial charge on any atom is 0.185 e. The third-order valence-corrected chi connectivity index (χ3v) is 6.28. The van der Waals surface area contributed by atoms with E-state index in [0.29, 0.717) is 24.0 Å².